The summed E-state index contributed by atoms with van der Waals surface area (Å²) >= 11 is 0. The lowest BCUT2D eigenvalue weighted by Crippen LogP contribution is -2.17. The first-order chi connectivity index (χ1) is 55.1. The molecule has 0 atom stereocenters. The van der Waals surface area contributed by atoms with Crippen LogP contribution in [0.1, 0.15) is 49.9 Å². The Morgan fingerprint density at radius 1 is 0.196 bits per heavy atom. The second-order valence-corrected chi connectivity index (χ2v) is 31.0. The van der Waals surface area contributed by atoms with Gasteiger partial charge in [-0.05, 0) is 205 Å². The van der Waals surface area contributed by atoms with E-state index in [1.807, 2.05) is 0 Å². The molecule has 0 saturated heterocycles. The number of para-hydroxylation sites is 6. The van der Waals surface area contributed by atoms with Crippen LogP contribution in [-0.4, -0.2) is 0 Å². The van der Waals surface area contributed by atoms with Gasteiger partial charge in [0.2, 0.25) is 0 Å². The molecule has 6 nitrogen and oxygen atoms in total. The number of furan rings is 2. The zero-order chi connectivity index (χ0) is 74.5. The Labute approximate surface area is 649 Å². The van der Waals surface area contributed by atoms with Gasteiger partial charge in [0.1, 0.15) is 22.3 Å². The molecule has 0 unspecified atom stereocenters. The first-order valence-corrected chi connectivity index (χ1v) is 38.8. The Bertz CT molecular complexity index is 7110. The first-order valence-electron chi connectivity index (χ1n) is 38.8. The summed E-state index contributed by atoms with van der Waals surface area (Å²) < 4.78 is 14.4. The fourth-order valence-corrected chi connectivity index (χ4v) is 19.0. The summed E-state index contributed by atoms with van der Waals surface area (Å²) in [4.78, 5) is 9.67. The average molecular weight is 1440 g/mol. The van der Waals surface area contributed by atoms with E-state index in [-0.39, 0.29) is 0 Å². The van der Waals surface area contributed by atoms with Crippen LogP contribution < -0.4 is 19.6 Å². The van der Waals surface area contributed by atoms with Crippen molar-refractivity contribution in [3.8, 4) is 33.4 Å². The maximum Gasteiger partial charge on any atom is 0.138 e. The molecule has 0 saturated carbocycles. The van der Waals surface area contributed by atoms with E-state index in [0.717, 1.165) is 150 Å². The maximum absolute atomic E-state index is 7.20. The molecule has 0 aliphatic heterocycles. The monoisotopic (exact) mass is 1430 g/mol. The SMILES string of the molecule is CC1(C)c2cc3oc4cc(N(c5ccccc5)c5ccccc5)c5ccccc5c4c3cc2-c2c1cc(N(c1ccccc1)c1cccc(-c3cccc(N(c4ccccc4)c4cc5c(c6ccccc46)-c4c(ccc6oc7cc(N(c8ccccc8)c8ccccc8)c8ccccc8c7c46)C5(C)C)c3)c1)c1ccccc21. The maximum atomic E-state index is 7.20. The van der Waals surface area contributed by atoms with Gasteiger partial charge in [-0.3, -0.25) is 0 Å². The van der Waals surface area contributed by atoms with Gasteiger partial charge in [-0.25, -0.2) is 0 Å². The fraction of sp³-hybridized carbons (Fsp3) is 0.0566. The molecule has 0 bridgehead atoms. The van der Waals surface area contributed by atoms with Crippen LogP contribution in [0.4, 0.5) is 68.2 Å². The summed E-state index contributed by atoms with van der Waals surface area (Å²) in [7, 11) is 0. The van der Waals surface area contributed by atoms with Gasteiger partial charge in [0.05, 0.1) is 22.7 Å². The number of fused-ring (bicyclic) bond motifs is 21. The summed E-state index contributed by atoms with van der Waals surface area (Å²) in [6, 6.07) is 137. The third-order valence-electron chi connectivity index (χ3n) is 24.1. The summed E-state index contributed by atoms with van der Waals surface area (Å²) in [5.41, 5.74) is 27.9. The first kappa shape index (κ1) is 64.9. The van der Waals surface area contributed by atoms with E-state index >= 15 is 0 Å². The van der Waals surface area contributed by atoms with Crippen LogP contribution in [-0.2, 0) is 10.8 Å². The van der Waals surface area contributed by atoms with E-state index in [2.05, 4.69) is 423 Å². The second kappa shape index (κ2) is 25.2. The Balaban J connectivity index is 0.668. The fourth-order valence-electron chi connectivity index (χ4n) is 19.0. The van der Waals surface area contributed by atoms with Gasteiger partial charge in [-0.1, -0.05) is 264 Å². The van der Waals surface area contributed by atoms with Crippen LogP contribution in [0, 0.1) is 0 Å². The highest BCUT2D eigenvalue weighted by Crippen LogP contribution is 2.61. The number of anilines is 12. The van der Waals surface area contributed by atoms with Crippen molar-refractivity contribution in [3.63, 3.8) is 0 Å². The summed E-state index contributed by atoms with van der Waals surface area (Å²) in [6.07, 6.45) is 0. The molecule has 2 aromatic heterocycles. The minimum absolute atomic E-state index is 0.396. The molecule has 2 aliphatic carbocycles. The Morgan fingerprint density at radius 2 is 0.527 bits per heavy atom. The predicted molar refractivity (Wildman–Crippen MR) is 470 cm³/mol. The van der Waals surface area contributed by atoms with Crippen molar-refractivity contribution < 1.29 is 8.83 Å². The van der Waals surface area contributed by atoms with Crippen molar-refractivity contribution in [2.45, 2.75) is 38.5 Å². The van der Waals surface area contributed by atoms with Crippen molar-refractivity contribution in [2.24, 2.45) is 0 Å². The molecule has 2 heterocycles. The highest BCUT2D eigenvalue weighted by molar-refractivity contribution is 6.29. The van der Waals surface area contributed by atoms with Gasteiger partial charge in [0.25, 0.3) is 0 Å². The molecule has 0 fully saturated rings. The van der Waals surface area contributed by atoms with Crippen LogP contribution in [0.3, 0.4) is 0 Å². The number of benzene rings is 18. The normalized spacial score (nSPS) is 13.1. The second-order valence-electron chi connectivity index (χ2n) is 31.0. The lowest BCUT2D eigenvalue weighted by molar-refractivity contribution is 0.647. The van der Waals surface area contributed by atoms with Crippen LogP contribution >= 0.6 is 0 Å². The van der Waals surface area contributed by atoms with Gasteiger partial charge in [0.15, 0.2) is 0 Å². The highest BCUT2D eigenvalue weighted by atomic mass is 16.3. The molecule has 18 aromatic carbocycles. The molecule has 530 valence electrons. The quantitative estimate of drug-likeness (QED) is 0.115. The summed E-state index contributed by atoms with van der Waals surface area (Å²) in [6.45, 7) is 9.60. The smallest absolute Gasteiger partial charge is 0.138 e. The van der Waals surface area contributed by atoms with Gasteiger partial charge in [0, 0.05) is 112 Å². The molecule has 112 heavy (non-hydrogen) atoms. The Morgan fingerprint density at radius 3 is 0.973 bits per heavy atom. The van der Waals surface area contributed by atoms with Crippen LogP contribution in [0.5, 0.6) is 0 Å². The Kier molecular flexibility index (Phi) is 14.6. The molecule has 6 heteroatoms. The van der Waals surface area contributed by atoms with Gasteiger partial charge < -0.3 is 28.4 Å². The van der Waals surface area contributed by atoms with Crippen molar-refractivity contribution in [1.82, 2.24) is 0 Å². The lowest BCUT2D eigenvalue weighted by Gasteiger charge is -2.30. The minimum Gasteiger partial charge on any atom is -0.456 e. The van der Waals surface area contributed by atoms with Crippen LogP contribution in [0.2, 0.25) is 0 Å². The highest BCUT2D eigenvalue weighted by Gasteiger charge is 2.42. The van der Waals surface area contributed by atoms with Crippen molar-refractivity contribution >= 4 is 155 Å². The van der Waals surface area contributed by atoms with Crippen LogP contribution in [0.15, 0.2) is 385 Å². The van der Waals surface area contributed by atoms with Gasteiger partial charge in [-0.15, -0.1) is 0 Å². The van der Waals surface area contributed by atoms with E-state index in [0.29, 0.717) is 0 Å². The molecule has 22 rings (SSSR count). The largest absolute Gasteiger partial charge is 0.456 e. The Hall–Kier alpha value is -14.2. The van der Waals surface area contributed by atoms with Crippen molar-refractivity contribution in [2.75, 3.05) is 19.6 Å². The summed E-state index contributed by atoms with van der Waals surface area (Å²) in [5.74, 6) is 0. The number of nitrogens with zero attached hydrogens (tertiary/aromatic N) is 4. The number of rotatable bonds is 13. The number of hydrogen-bond acceptors (Lipinski definition) is 6. The molecule has 2 aliphatic rings. The third kappa shape index (κ3) is 9.91. The molecule has 0 N–H and O–H groups in total. The molecule has 20 aromatic rings. The van der Waals surface area contributed by atoms with Crippen molar-refractivity contribution in [3.05, 3.63) is 398 Å². The van der Waals surface area contributed by atoms with Gasteiger partial charge in [-0.2, -0.15) is 0 Å². The number of hydrogen-bond donors (Lipinski definition) is 0. The zero-order valence-corrected chi connectivity index (χ0v) is 62.4. The minimum atomic E-state index is -0.405. The van der Waals surface area contributed by atoms with E-state index in [4.69, 9.17) is 8.83 Å². The average Bonchev–Trinajstić information content (AvgIpc) is 1.52. The topological polar surface area (TPSA) is 39.2 Å². The zero-order valence-electron chi connectivity index (χ0n) is 62.4. The molecule has 0 radical (unpaired) electrons. The molecular weight excluding hydrogens is 1360 g/mol. The molecule has 0 spiro atoms. The van der Waals surface area contributed by atoms with E-state index in [1.165, 1.54) is 60.7 Å². The molecule has 0 amide bonds. The predicted octanol–water partition coefficient (Wildman–Crippen LogP) is 30.3. The summed E-state index contributed by atoms with van der Waals surface area (Å²) in [5, 5.41) is 13.8. The standard InChI is InChI=1S/C106H74N4O2/c1-105(2)87-57-58-95-104(102-84-56-30-26-52-80(84)94(66-98(102)111-95)108(71-39-15-7-16-40-71)72-41-17-8-18-42-72)103(87)101-83-55-29-25-51-79(83)92(63-90(101)105)110(74-45-21-10-22-46-74)76-48-32-34-68(60-76)67-33-31-47-75(59-67)109(73-43-19-9-20-44-73)91-62-89-99(81-53-27-23-49-77(81)91)85-61-86-96(64-88(85)106(89,3)4)112-97-65-93(78-50-24-28-54-82(78)100(86)97)107(69-35-11-5-12-36-69)70-37-13-6-14-38-70/h5-66H,1-4H3. The van der Waals surface area contributed by atoms with E-state index in [1.54, 1.807) is 0 Å². The third-order valence-corrected chi connectivity index (χ3v) is 24.1. The molecular formula is C106H74N4O2. The van der Waals surface area contributed by atoms with Crippen LogP contribution in [0.25, 0.3) is 120 Å². The van der Waals surface area contributed by atoms with Crippen molar-refractivity contribution in [1.29, 1.82) is 0 Å². The lowest BCUT2D eigenvalue weighted by atomic mass is 9.81. The van der Waals surface area contributed by atoms with E-state index in [9.17, 15) is 0 Å². The van der Waals surface area contributed by atoms with Gasteiger partial charge >= 0.3 is 0 Å². The van der Waals surface area contributed by atoms with E-state index < -0.39 is 10.8 Å².